The summed E-state index contributed by atoms with van der Waals surface area (Å²) in [5.74, 6) is 0.923. The molecule has 0 amide bonds. The van der Waals surface area contributed by atoms with Crippen LogP contribution in [0.2, 0.25) is 0 Å². The highest BCUT2D eigenvalue weighted by atomic mass is 16.5. The molecule has 0 bridgehead atoms. The van der Waals surface area contributed by atoms with Gasteiger partial charge in [0.15, 0.2) is 5.82 Å². The van der Waals surface area contributed by atoms with E-state index >= 15 is 0 Å². The van der Waals surface area contributed by atoms with Crippen LogP contribution in [-0.2, 0) is 5.54 Å². The maximum Gasteiger partial charge on any atom is 0.276 e. The zero-order valence-corrected chi connectivity index (χ0v) is 10.3. The highest BCUT2D eigenvalue weighted by Gasteiger charge is 2.25. The average Bonchev–Trinajstić information content (AvgIpc) is 2.79. The maximum atomic E-state index is 6.05. The van der Waals surface area contributed by atoms with Gasteiger partial charge in [-0.25, -0.2) is 4.98 Å². The Labute approximate surface area is 100 Å². The molecule has 0 radical (unpaired) electrons. The lowest BCUT2D eigenvalue weighted by Gasteiger charge is -2.16. The number of aromatic nitrogens is 3. The van der Waals surface area contributed by atoms with E-state index in [1.54, 1.807) is 0 Å². The summed E-state index contributed by atoms with van der Waals surface area (Å²) in [6, 6.07) is 5.66. The first kappa shape index (κ1) is 11.7. The Morgan fingerprint density at radius 1 is 1.35 bits per heavy atom. The molecule has 2 aromatic rings. The Balaban J connectivity index is 2.36. The first-order valence-electron chi connectivity index (χ1n) is 5.60. The lowest BCUT2D eigenvalue weighted by atomic mass is 10.0. The Morgan fingerprint density at radius 3 is 2.76 bits per heavy atom. The molecule has 0 fully saturated rings. The molecular weight excluding hydrogens is 216 g/mol. The molecule has 2 aromatic heterocycles. The van der Waals surface area contributed by atoms with Crippen LogP contribution in [-0.4, -0.2) is 15.1 Å². The second-order valence-corrected chi connectivity index (χ2v) is 4.36. The molecule has 1 atom stereocenters. The molecule has 0 aliphatic carbocycles. The van der Waals surface area contributed by atoms with Crippen LogP contribution in [0, 0.1) is 6.92 Å². The fraction of sp³-hybridized carbons (Fsp3) is 0.417. The molecule has 5 heteroatoms. The maximum absolute atomic E-state index is 6.05. The van der Waals surface area contributed by atoms with E-state index in [4.69, 9.17) is 10.3 Å². The Kier molecular flexibility index (Phi) is 2.93. The number of nitrogens with two attached hydrogens (primary N) is 1. The van der Waals surface area contributed by atoms with E-state index in [2.05, 4.69) is 15.1 Å². The summed E-state index contributed by atoms with van der Waals surface area (Å²) in [5.41, 5.74) is 7.08. The van der Waals surface area contributed by atoms with Gasteiger partial charge in [-0.1, -0.05) is 18.1 Å². The van der Waals surface area contributed by atoms with Gasteiger partial charge in [-0.3, -0.25) is 0 Å². The van der Waals surface area contributed by atoms with Crippen molar-refractivity contribution in [3.05, 3.63) is 29.7 Å². The third-order valence-corrected chi connectivity index (χ3v) is 2.78. The van der Waals surface area contributed by atoms with E-state index in [1.165, 1.54) is 0 Å². The van der Waals surface area contributed by atoms with Gasteiger partial charge in [0.05, 0.1) is 5.54 Å². The third-order valence-electron chi connectivity index (χ3n) is 2.78. The van der Waals surface area contributed by atoms with Crippen LogP contribution >= 0.6 is 0 Å². The second-order valence-electron chi connectivity index (χ2n) is 4.36. The van der Waals surface area contributed by atoms with Crippen molar-refractivity contribution in [1.82, 2.24) is 15.1 Å². The summed E-state index contributed by atoms with van der Waals surface area (Å²) in [6.45, 7) is 5.78. The summed E-state index contributed by atoms with van der Waals surface area (Å²) in [5, 5.41) is 3.91. The summed E-state index contributed by atoms with van der Waals surface area (Å²) in [7, 11) is 0. The molecule has 90 valence electrons. The Bertz CT molecular complexity index is 519. The topological polar surface area (TPSA) is 77.8 Å². The molecule has 0 aliphatic rings. The van der Waals surface area contributed by atoms with Crippen LogP contribution in [0.4, 0.5) is 0 Å². The van der Waals surface area contributed by atoms with Crippen molar-refractivity contribution < 1.29 is 4.52 Å². The zero-order valence-electron chi connectivity index (χ0n) is 10.3. The summed E-state index contributed by atoms with van der Waals surface area (Å²) in [4.78, 5) is 8.63. The van der Waals surface area contributed by atoms with E-state index < -0.39 is 5.54 Å². The van der Waals surface area contributed by atoms with Gasteiger partial charge in [0.2, 0.25) is 0 Å². The molecule has 0 saturated carbocycles. The molecule has 2 N–H and O–H groups in total. The van der Waals surface area contributed by atoms with Crippen LogP contribution in [0.3, 0.4) is 0 Å². The standard InChI is InChI=1S/C12H16N4O/c1-4-12(3,13)11-15-10(17-16-11)9-7-5-6-8(2)14-9/h5-7H,4,13H2,1-3H3. The van der Waals surface area contributed by atoms with E-state index in [-0.39, 0.29) is 0 Å². The minimum Gasteiger partial charge on any atom is -0.332 e. The third kappa shape index (κ3) is 2.34. The molecule has 2 rings (SSSR count). The summed E-state index contributed by atoms with van der Waals surface area (Å²) in [6.07, 6.45) is 0.743. The van der Waals surface area contributed by atoms with E-state index in [0.717, 1.165) is 12.1 Å². The summed E-state index contributed by atoms with van der Waals surface area (Å²) >= 11 is 0. The minimum atomic E-state index is -0.564. The predicted octanol–water partition coefficient (Wildman–Crippen LogP) is 2.02. The van der Waals surface area contributed by atoms with Crippen molar-refractivity contribution >= 4 is 0 Å². The lowest BCUT2D eigenvalue weighted by Crippen LogP contribution is -2.33. The van der Waals surface area contributed by atoms with Gasteiger partial charge in [-0.2, -0.15) is 4.98 Å². The SMILES string of the molecule is CCC(C)(N)c1noc(-c2cccc(C)n2)n1. The molecule has 0 aliphatic heterocycles. The van der Waals surface area contributed by atoms with Gasteiger partial charge >= 0.3 is 0 Å². The molecule has 0 aromatic carbocycles. The predicted molar refractivity (Wildman–Crippen MR) is 64.1 cm³/mol. The molecule has 5 nitrogen and oxygen atoms in total. The number of pyridine rings is 1. The molecule has 17 heavy (non-hydrogen) atoms. The first-order chi connectivity index (χ1) is 8.03. The van der Waals surface area contributed by atoms with Gasteiger partial charge in [-0.05, 0) is 32.4 Å². The van der Waals surface area contributed by atoms with Crippen molar-refractivity contribution in [2.75, 3.05) is 0 Å². The van der Waals surface area contributed by atoms with E-state index in [0.29, 0.717) is 17.4 Å². The summed E-state index contributed by atoms with van der Waals surface area (Å²) < 4.78 is 5.19. The normalized spacial score (nSPS) is 14.6. The van der Waals surface area contributed by atoms with Gasteiger partial charge in [-0.15, -0.1) is 0 Å². The second kappa shape index (κ2) is 4.25. The van der Waals surface area contributed by atoms with Crippen molar-refractivity contribution in [2.24, 2.45) is 5.73 Å². The first-order valence-corrected chi connectivity index (χ1v) is 5.60. The molecule has 2 heterocycles. The number of hydrogen-bond donors (Lipinski definition) is 1. The van der Waals surface area contributed by atoms with E-state index in [1.807, 2.05) is 39.0 Å². The largest absolute Gasteiger partial charge is 0.332 e. The smallest absolute Gasteiger partial charge is 0.276 e. The lowest BCUT2D eigenvalue weighted by molar-refractivity contribution is 0.378. The van der Waals surface area contributed by atoms with Crippen molar-refractivity contribution in [1.29, 1.82) is 0 Å². The van der Waals surface area contributed by atoms with Crippen LogP contribution in [0.15, 0.2) is 22.7 Å². The molecule has 1 unspecified atom stereocenters. The average molecular weight is 232 g/mol. The van der Waals surface area contributed by atoms with Gasteiger partial charge in [0.1, 0.15) is 5.69 Å². The van der Waals surface area contributed by atoms with Crippen LogP contribution in [0.5, 0.6) is 0 Å². The van der Waals surface area contributed by atoms with Gasteiger partial charge < -0.3 is 10.3 Å². The van der Waals surface area contributed by atoms with Crippen molar-refractivity contribution in [3.63, 3.8) is 0 Å². The fourth-order valence-electron chi connectivity index (χ4n) is 1.38. The van der Waals surface area contributed by atoms with Crippen LogP contribution in [0.1, 0.15) is 31.8 Å². The van der Waals surface area contributed by atoms with Gasteiger partial charge in [0, 0.05) is 5.69 Å². The van der Waals surface area contributed by atoms with Crippen molar-refractivity contribution in [3.8, 4) is 11.6 Å². The Hall–Kier alpha value is -1.75. The number of hydrogen-bond acceptors (Lipinski definition) is 5. The molecule has 0 saturated heterocycles. The fourth-order valence-corrected chi connectivity index (χ4v) is 1.38. The number of aryl methyl sites for hydroxylation is 1. The minimum absolute atomic E-state index is 0.411. The van der Waals surface area contributed by atoms with Crippen LogP contribution < -0.4 is 5.73 Å². The van der Waals surface area contributed by atoms with Crippen molar-refractivity contribution in [2.45, 2.75) is 32.7 Å². The zero-order chi connectivity index (χ0) is 12.5. The Morgan fingerprint density at radius 2 is 2.12 bits per heavy atom. The van der Waals surface area contributed by atoms with Gasteiger partial charge in [0.25, 0.3) is 5.89 Å². The number of rotatable bonds is 3. The number of nitrogens with zero attached hydrogens (tertiary/aromatic N) is 3. The highest BCUT2D eigenvalue weighted by molar-refractivity contribution is 5.46. The van der Waals surface area contributed by atoms with Crippen LogP contribution in [0.25, 0.3) is 11.6 Å². The molecule has 0 spiro atoms. The molecular formula is C12H16N4O. The monoisotopic (exact) mass is 232 g/mol. The highest BCUT2D eigenvalue weighted by Crippen LogP contribution is 2.21. The quantitative estimate of drug-likeness (QED) is 0.876. The van der Waals surface area contributed by atoms with E-state index in [9.17, 15) is 0 Å².